The van der Waals surface area contributed by atoms with Crippen molar-refractivity contribution in [2.24, 2.45) is 0 Å². The normalized spacial score (nSPS) is 15.8. The number of ether oxygens (including phenoxy) is 1. The zero-order chi connectivity index (χ0) is 28.8. The molecule has 1 atom stereocenters. The first-order valence-corrected chi connectivity index (χ1v) is 14.2. The Bertz CT molecular complexity index is 1370. The lowest BCUT2D eigenvalue weighted by molar-refractivity contribution is -0.138. The molecule has 0 unspecified atom stereocenters. The third kappa shape index (κ3) is 6.50. The minimum Gasteiger partial charge on any atom is -0.497 e. The summed E-state index contributed by atoms with van der Waals surface area (Å²) < 4.78 is 5.12. The van der Waals surface area contributed by atoms with E-state index in [0.717, 1.165) is 68.2 Å². The molecule has 4 N–H and O–H groups in total. The predicted octanol–water partition coefficient (Wildman–Crippen LogP) is 3.48. The Balaban J connectivity index is 1.22. The molecule has 0 aliphatic carbocycles. The fourth-order valence-corrected chi connectivity index (χ4v) is 5.49. The molecule has 1 aromatic carbocycles. The quantitative estimate of drug-likeness (QED) is 0.292. The molecule has 11 heteroatoms. The molecule has 0 bridgehead atoms. The number of aromatic nitrogens is 3. The summed E-state index contributed by atoms with van der Waals surface area (Å²) in [6, 6.07) is 9.74. The van der Waals surface area contributed by atoms with Gasteiger partial charge < -0.3 is 30.7 Å². The van der Waals surface area contributed by atoms with Gasteiger partial charge in [-0.05, 0) is 68.0 Å². The number of carboxylic acid groups (broad SMARTS) is 1. The number of anilines is 3. The van der Waals surface area contributed by atoms with Crippen molar-refractivity contribution in [1.29, 1.82) is 0 Å². The van der Waals surface area contributed by atoms with Gasteiger partial charge in [0.15, 0.2) is 0 Å². The van der Waals surface area contributed by atoms with Crippen LogP contribution in [0.5, 0.6) is 5.75 Å². The average Bonchev–Trinajstić information content (AvgIpc) is 3.02. The third-order valence-electron chi connectivity index (χ3n) is 7.83. The van der Waals surface area contributed by atoms with Crippen molar-refractivity contribution < 1.29 is 19.4 Å². The second kappa shape index (κ2) is 12.8. The first kappa shape index (κ1) is 28.1. The van der Waals surface area contributed by atoms with Crippen LogP contribution in [-0.4, -0.2) is 71.3 Å². The number of benzene rings is 1. The number of fused-ring (bicyclic) bond motifs is 1. The van der Waals surface area contributed by atoms with E-state index >= 15 is 0 Å². The summed E-state index contributed by atoms with van der Waals surface area (Å²) in [6.07, 6.45) is 6.36. The number of aryl methyl sites for hydroxylation is 1. The highest BCUT2D eigenvalue weighted by molar-refractivity contribution is 5.96. The number of amides is 1. The Morgan fingerprint density at radius 2 is 1.93 bits per heavy atom. The highest BCUT2D eigenvalue weighted by atomic mass is 16.5. The molecule has 2 aromatic heterocycles. The molecule has 1 amide bonds. The molecule has 5 rings (SSSR count). The molecule has 1 saturated heterocycles. The highest BCUT2D eigenvalue weighted by Crippen LogP contribution is 2.33. The summed E-state index contributed by atoms with van der Waals surface area (Å²) in [5, 5.41) is 19.0. The molecule has 2 aliphatic heterocycles. The Morgan fingerprint density at radius 1 is 1.15 bits per heavy atom. The first-order valence-electron chi connectivity index (χ1n) is 14.2. The van der Waals surface area contributed by atoms with Gasteiger partial charge in [-0.15, -0.1) is 0 Å². The van der Waals surface area contributed by atoms with E-state index in [1.165, 1.54) is 19.0 Å². The van der Waals surface area contributed by atoms with E-state index < -0.39 is 17.9 Å². The number of nitrogens with one attached hydrogen (secondary N) is 3. The molecule has 0 spiro atoms. The number of carbonyl (C=O) groups is 2. The molecular formula is C30H37N7O4. The van der Waals surface area contributed by atoms with Crippen molar-refractivity contribution in [2.75, 3.05) is 48.8 Å². The molecule has 2 aliphatic rings. The highest BCUT2D eigenvalue weighted by Gasteiger charge is 2.27. The molecule has 216 valence electrons. The van der Waals surface area contributed by atoms with Gasteiger partial charge in [-0.1, -0.05) is 13.0 Å². The minimum absolute atomic E-state index is 0.0270. The number of aliphatic carboxylic acids is 1. The number of piperidine rings is 1. The second-order valence-corrected chi connectivity index (χ2v) is 10.4. The van der Waals surface area contributed by atoms with Crippen LogP contribution in [0.25, 0.3) is 0 Å². The number of nitrogens with zero attached hydrogens (tertiary/aromatic N) is 4. The fourth-order valence-electron chi connectivity index (χ4n) is 5.49. The maximum Gasteiger partial charge on any atom is 0.328 e. The van der Waals surface area contributed by atoms with E-state index in [0.29, 0.717) is 29.5 Å². The van der Waals surface area contributed by atoms with Crippen LogP contribution in [0.2, 0.25) is 0 Å². The summed E-state index contributed by atoms with van der Waals surface area (Å²) in [5.74, 6) is 1.87. The van der Waals surface area contributed by atoms with E-state index in [2.05, 4.69) is 43.0 Å². The number of hydrogen-bond donors (Lipinski definition) is 4. The smallest absolute Gasteiger partial charge is 0.328 e. The van der Waals surface area contributed by atoms with Crippen LogP contribution >= 0.6 is 0 Å². The zero-order valence-electron chi connectivity index (χ0n) is 23.5. The number of carboxylic acids is 1. The summed E-state index contributed by atoms with van der Waals surface area (Å²) in [5.41, 5.74) is 3.72. The van der Waals surface area contributed by atoms with Crippen LogP contribution in [0.15, 0.2) is 42.7 Å². The van der Waals surface area contributed by atoms with Gasteiger partial charge in [-0.2, -0.15) is 0 Å². The summed E-state index contributed by atoms with van der Waals surface area (Å²) in [7, 11) is 1.54. The average molecular weight is 560 g/mol. The summed E-state index contributed by atoms with van der Waals surface area (Å²) >= 11 is 0. The standard InChI is InChI=1S/C30H37N7O4/c1-3-23-27(32-17-25(30(39)40)36-29(38)21-6-9-22(41-2)10-7-21)33-18-34-28(23)37-15-12-19(13-16-37)24-11-8-20-5-4-14-31-26(20)35-24/h6-11,18-19,25H,3-5,12-17H2,1-2H3,(H,31,35)(H,36,38)(H,39,40)(H,32,33,34)/t25-/m0/s1. The molecule has 11 nitrogen and oxygen atoms in total. The number of methoxy groups -OCH3 is 1. The minimum atomic E-state index is -1.15. The van der Waals surface area contributed by atoms with E-state index in [-0.39, 0.29) is 6.54 Å². The van der Waals surface area contributed by atoms with Crippen molar-refractivity contribution in [3.63, 3.8) is 0 Å². The molecule has 3 aromatic rings. The first-order chi connectivity index (χ1) is 20.0. The Kier molecular flexibility index (Phi) is 8.81. The maximum atomic E-state index is 12.7. The van der Waals surface area contributed by atoms with E-state index in [1.807, 2.05) is 6.92 Å². The lowest BCUT2D eigenvalue weighted by atomic mass is 9.92. The third-order valence-corrected chi connectivity index (χ3v) is 7.83. The van der Waals surface area contributed by atoms with Crippen molar-refractivity contribution in [3.05, 3.63) is 65.1 Å². The number of pyridine rings is 1. The Morgan fingerprint density at radius 3 is 2.63 bits per heavy atom. The van der Waals surface area contributed by atoms with Gasteiger partial charge in [-0.25, -0.2) is 19.7 Å². The van der Waals surface area contributed by atoms with Gasteiger partial charge in [0.1, 0.15) is 35.6 Å². The van der Waals surface area contributed by atoms with Crippen LogP contribution in [0, 0.1) is 0 Å². The number of hydrogen-bond acceptors (Lipinski definition) is 9. The number of rotatable bonds is 10. The number of carbonyl (C=O) groups excluding carboxylic acids is 1. The molecule has 1 fully saturated rings. The van der Waals surface area contributed by atoms with Gasteiger partial charge >= 0.3 is 5.97 Å². The van der Waals surface area contributed by atoms with Gasteiger partial charge in [0, 0.05) is 48.9 Å². The predicted molar refractivity (Wildman–Crippen MR) is 157 cm³/mol. The Labute approximate surface area is 239 Å². The SMILES string of the molecule is CCc1c(NC[C@H](NC(=O)c2ccc(OC)cc2)C(=O)O)ncnc1N1CCC(c2ccc3c(n2)NCCC3)CC1. The van der Waals surface area contributed by atoms with Crippen LogP contribution in [0.3, 0.4) is 0 Å². The van der Waals surface area contributed by atoms with Gasteiger partial charge in [-0.3, -0.25) is 4.79 Å². The molecule has 4 heterocycles. The molecule has 41 heavy (non-hydrogen) atoms. The molecule has 0 saturated carbocycles. The Hall–Kier alpha value is -4.41. The second-order valence-electron chi connectivity index (χ2n) is 10.4. The summed E-state index contributed by atoms with van der Waals surface area (Å²) in [4.78, 5) is 40.9. The van der Waals surface area contributed by atoms with Gasteiger partial charge in [0.05, 0.1) is 7.11 Å². The monoisotopic (exact) mass is 559 g/mol. The molecule has 0 radical (unpaired) electrons. The van der Waals surface area contributed by atoms with Crippen molar-refractivity contribution in [2.45, 2.75) is 51.0 Å². The van der Waals surface area contributed by atoms with Crippen molar-refractivity contribution >= 4 is 29.3 Å². The topological polar surface area (TPSA) is 142 Å². The van der Waals surface area contributed by atoms with Gasteiger partial charge in [0.25, 0.3) is 5.91 Å². The fraction of sp³-hybridized carbons (Fsp3) is 0.433. The summed E-state index contributed by atoms with van der Waals surface area (Å²) in [6.45, 7) is 4.67. The largest absolute Gasteiger partial charge is 0.497 e. The maximum absolute atomic E-state index is 12.7. The van der Waals surface area contributed by atoms with Crippen molar-refractivity contribution in [1.82, 2.24) is 20.3 Å². The molecular weight excluding hydrogens is 522 g/mol. The van der Waals surface area contributed by atoms with E-state index in [9.17, 15) is 14.7 Å². The lowest BCUT2D eigenvalue weighted by Crippen LogP contribution is -2.45. The van der Waals surface area contributed by atoms with E-state index in [4.69, 9.17) is 9.72 Å². The van der Waals surface area contributed by atoms with Crippen LogP contribution in [0.1, 0.15) is 59.3 Å². The van der Waals surface area contributed by atoms with E-state index in [1.54, 1.807) is 24.3 Å². The van der Waals surface area contributed by atoms with Gasteiger partial charge in [0.2, 0.25) is 0 Å². The lowest BCUT2D eigenvalue weighted by Gasteiger charge is -2.34. The van der Waals surface area contributed by atoms with Crippen molar-refractivity contribution in [3.8, 4) is 5.75 Å². The van der Waals surface area contributed by atoms with Crippen LogP contribution < -0.4 is 25.6 Å². The zero-order valence-corrected chi connectivity index (χ0v) is 23.5. The van der Waals surface area contributed by atoms with Crippen LogP contribution in [0.4, 0.5) is 17.5 Å². The van der Waals surface area contributed by atoms with Crippen LogP contribution in [-0.2, 0) is 17.6 Å².